The first-order valence-electron chi connectivity index (χ1n) is 6.28. The van der Waals surface area contributed by atoms with Gasteiger partial charge in [-0.3, -0.25) is 4.79 Å². The van der Waals surface area contributed by atoms with Gasteiger partial charge in [0.1, 0.15) is 0 Å². The zero-order valence-corrected chi connectivity index (χ0v) is 10.6. The predicted molar refractivity (Wildman–Crippen MR) is 65.6 cm³/mol. The minimum absolute atomic E-state index is 0. The van der Waals surface area contributed by atoms with Gasteiger partial charge in [-0.1, -0.05) is 0 Å². The molecule has 1 heterocycles. The third-order valence-electron chi connectivity index (χ3n) is 4.06. The number of nitrogens with one attached hydrogen (secondary N) is 1. The monoisotopic (exact) mass is 244 g/mol. The van der Waals surface area contributed by atoms with Crippen molar-refractivity contribution in [3.8, 4) is 0 Å². The fourth-order valence-electron chi connectivity index (χ4n) is 2.91. The molecule has 3 rings (SSSR count). The number of nitrogens with zero attached hydrogens (tertiary/aromatic N) is 1. The molecule has 1 N–H and O–H groups in total. The first kappa shape index (κ1) is 12.2. The van der Waals surface area contributed by atoms with Gasteiger partial charge in [0.2, 0.25) is 5.91 Å². The zero-order valence-electron chi connectivity index (χ0n) is 9.82. The van der Waals surface area contributed by atoms with Gasteiger partial charge in [-0.25, -0.2) is 0 Å². The van der Waals surface area contributed by atoms with Gasteiger partial charge in [0.15, 0.2) is 0 Å². The molecule has 3 atom stereocenters. The number of amides is 1. The summed E-state index contributed by atoms with van der Waals surface area (Å²) in [6, 6.07) is 0.473. The summed E-state index contributed by atoms with van der Waals surface area (Å²) in [5, 5.41) is 3.38. The van der Waals surface area contributed by atoms with Crippen LogP contribution < -0.4 is 5.32 Å². The highest BCUT2D eigenvalue weighted by atomic mass is 35.5. The molecule has 1 amide bonds. The van der Waals surface area contributed by atoms with Crippen molar-refractivity contribution in [2.45, 2.75) is 32.2 Å². The maximum Gasteiger partial charge on any atom is 0.226 e. The highest BCUT2D eigenvalue weighted by Gasteiger charge is 2.52. The average molecular weight is 245 g/mol. The Morgan fingerprint density at radius 2 is 2.12 bits per heavy atom. The molecule has 0 radical (unpaired) electrons. The molecule has 2 unspecified atom stereocenters. The van der Waals surface area contributed by atoms with Crippen LogP contribution in [0.4, 0.5) is 0 Å². The van der Waals surface area contributed by atoms with Crippen molar-refractivity contribution >= 4 is 18.3 Å². The maximum absolute atomic E-state index is 12.1. The summed E-state index contributed by atoms with van der Waals surface area (Å²) in [6.45, 7) is 4.95. The van der Waals surface area contributed by atoms with Gasteiger partial charge in [0.05, 0.1) is 0 Å². The van der Waals surface area contributed by atoms with Gasteiger partial charge in [0.25, 0.3) is 0 Å². The van der Waals surface area contributed by atoms with Crippen LogP contribution in [0.2, 0.25) is 0 Å². The Kier molecular flexibility index (Phi) is 3.45. The summed E-state index contributed by atoms with van der Waals surface area (Å²) in [6.07, 6.45) is 3.95. The van der Waals surface area contributed by atoms with E-state index in [1.807, 2.05) is 0 Å². The van der Waals surface area contributed by atoms with E-state index in [-0.39, 0.29) is 12.4 Å². The number of hydrogen-bond acceptors (Lipinski definition) is 2. The molecule has 3 fully saturated rings. The Hall–Kier alpha value is -0.280. The molecular formula is C12H21ClN2O. The van der Waals surface area contributed by atoms with Gasteiger partial charge in [0, 0.05) is 31.6 Å². The summed E-state index contributed by atoms with van der Waals surface area (Å²) in [5.41, 5.74) is 0. The van der Waals surface area contributed by atoms with E-state index in [4.69, 9.17) is 0 Å². The largest absolute Gasteiger partial charge is 0.340 e. The second-order valence-electron chi connectivity index (χ2n) is 5.48. The number of halogens is 1. The molecule has 0 aromatic rings. The normalized spacial score (nSPS) is 37.8. The molecule has 3 nitrogen and oxygen atoms in total. The van der Waals surface area contributed by atoms with Crippen LogP contribution in [0, 0.1) is 17.8 Å². The molecule has 2 saturated carbocycles. The van der Waals surface area contributed by atoms with Crippen molar-refractivity contribution in [1.29, 1.82) is 0 Å². The fourth-order valence-corrected chi connectivity index (χ4v) is 2.91. The number of carbonyl (C=O) groups excluding carboxylic acids is 1. The fraction of sp³-hybridized carbons (Fsp3) is 0.917. The van der Waals surface area contributed by atoms with Crippen molar-refractivity contribution in [2.75, 3.05) is 19.6 Å². The Labute approximate surface area is 103 Å². The highest BCUT2D eigenvalue weighted by Crippen LogP contribution is 2.54. The first-order valence-corrected chi connectivity index (χ1v) is 6.28. The molecule has 3 aliphatic rings. The van der Waals surface area contributed by atoms with Crippen LogP contribution in [0.5, 0.6) is 0 Å². The van der Waals surface area contributed by atoms with Gasteiger partial charge in [-0.05, 0) is 38.0 Å². The molecule has 0 spiro atoms. The molecule has 2 aliphatic carbocycles. The topological polar surface area (TPSA) is 32.3 Å². The summed E-state index contributed by atoms with van der Waals surface area (Å²) in [5.74, 6) is 2.53. The molecular weight excluding hydrogens is 224 g/mol. The van der Waals surface area contributed by atoms with E-state index in [0.717, 1.165) is 31.5 Å². The minimum atomic E-state index is 0. The van der Waals surface area contributed by atoms with Gasteiger partial charge < -0.3 is 10.2 Å². The standard InChI is InChI=1S/C12H20N2O.ClH/c1-8-7-14(5-4-13-8)12(15)11-6-10(11)9-2-3-9;/h8-11,13H,2-7H2,1H3;1H/t8-,10?,11?;/m1./s1. The van der Waals surface area contributed by atoms with Crippen LogP contribution in [0.1, 0.15) is 26.2 Å². The number of piperazine rings is 1. The molecule has 1 aliphatic heterocycles. The number of hydrogen-bond donors (Lipinski definition) is 1. The Balaban J connectivity index is 0.000000963. The smallest absolute Gasteiger partial charge is 0.226 e. The third kappa shape index (κ3) is 2.35. The van der Waals surface area contributed by atoms with Crippen LogP contribution in [0.15, 0.2) is 0 Å². The lowest BCUT2D eigenvalue weighted by molar-refractivity contribution is -0.134. The molecule has 1 saturated heterocycles. The van der Waals surface area contributed by atoms with Crippen LogP contribution in [-0.4, -0.2) is 36.5 Å². The molecule has 4 heteroatoms. The summed E-state index contributed by atoms with van der Waals surface area (Å²) >= 11 is 0. The van der Waals surface area contributed by atoms with Crippen molar-refractivity contribution in [3.63, 3.8) is 0 Å². The Morgan fingerprint density at radius 3 is 2.75 bits per heavy atom. The molecule has 0 aromatic carbocycles. The van der Waals surface area contributed by atoms with Crippen LogP contribution in [0.3, 0.4) is 0 Å². The lowest BCUT2D eigenvalue weighted by atomic mass is 10.1. The molecule has 0 bridgehead atoms. The lowest BCUT2D eigenvalue weighted by Crippen LogP contribution is -2.51. The second kappa shape index (κ2) is 4.53. The number of carbonyl (C=O) groups is 1. The summed E-state index contributed by atoms with van der Waals surface area (Å²) in [4.78, 5) is 14.2. The van der Waals surface area contributed by atoms with Crippen LogP contribution >= 0.6 is 12.4 Å². The predicted octanol–water partition coefficient (Wildman–Crippen LogP) is 1.27. The molecule has 16 heavy (non-hydrogen) atoms. The maximum atomic E-state index is 12.1. The van der Waals surface area contributed by atoms with Crippen molar-refractivity contribution < 1.29 is 4.79 Å². The SMILES string of the molecule is C[C@@H]1CN(C(=O)C2CC2C2CC2)CCN1.Cl. The third-order valence-corrected chi connectivity index (χ3v) is 4.06. The number of rotatable bonds is 2. The minimum Gasteiger partial charge on any atom is -0.340 e. The zero-order chi connectivity index (χ0) is 10.4. The van der Waals surface area contributed by atoms with Crippen LogP contribution in [-0.2, 0) is 4.79 Å². The van der Waals surface area contributed by atoms with E-state index >= 15 is 0 Å². The van der Waals surface area contributed by atoms with Gasteiger partial charge in [-0.2, -0.15) is 0 Å². The second-order valence-corrected chi connectivity index (χ2v) is 5.48. The summed E-state index contributed by atoms with van der Waals surface area (Å²) in [7, 11) is 0. The van der Waals surface area contributed by atoms with Crippen molar-refractivity contribution in [2.24, 2.45) is 17.8 Å². The van der Waals surface area contributed by atoms with Gasteiger partial charge >= 0.3 is 0 Å². The quantitative estimate of drug-likeness (QED) is 0.794. The van der Waals surface area contributed by atoms with E-state index in [0.29, 0.717) is 17.9 Å². The van der Waals surface area contributed by atoms with Crippen molar-refractivity contribution in [1.82, 2.24) is 10.2 Å². The van der Waals surface area contributed by atoms with E-state index in [1.165, 1.54) is 19.3 Å². The van der Waals surface area contributed by atoms with Crippen molar-refractivity contribution in [3.05, 3.63) is 0 Å². The lowest BCUT2D eigenvalue weighted by Gasteiger charge is -2.32. The van der Waals surface area contributed by atoms with Crippen LogP contribution in [0.25, 0.3) is 0 Å². The van der Waals surface area contributed by atoms with E-state index in [1.54, 1.807) is 0 Å². The average Bonchev–Trinajstić information content (AvgIpc) is 3.07. The van der Waals surface area contributed by atoms with E-state index in [9.17, 15) is 4.79 Å². The van der Waals surface area contributed by atoms with Gasteiger partial charge in [-0.15, -0.1) is 12.4 Å². The molecule has 0 aromatic heterocycles. The Morgan fingerprint density at radius 1 is 1.38 bits per heavy atom. The first-order chi connectivity index (χ1) is 7.25. The summed E-state index contributed by atoms with van der Waals surface area (Å²) < 4.78 is 0. The van der Waals surface area contributed by atoms with E-state index in [2.05, 4.69) is 17.1 Å². The molecule has 92 valence electrons. The Bertz CT molecular complexity index is 280. The van der Waals surface area contributed by atoms with E-state index < -0.39 is 0 Å². The highest BCUT2D eigenvalue weighted by molar-refractivity contribution is 5.85.